The average molecular weight is 345 g/mol. The standard InChI is InChI=1S/C21H28FNO2/c1-4-6-7-18(5-2)21(24)23(15-20-13-8-16(3)25-20)14-17-9-11-19(22)12-10-17/h8-13,18H,4-7,14-15H2,1-3H3. The molecular formula is C21H28FNO2. The molecule has 1 amide bonds. The van der Waals surface area contributed by atoms with Gasteiger partial charge in [-0.05, 0) is 49.6 Å². The lowest BCUT2D eigenvalue weighted by atomic mass is 9.97. The molecule has 2 aromatic rings. The van der Waals surface area contributed by atoms with E-state index in [4.69, 9.17) is 4.42 Å². The van der Waals surface area contributed by atoms with E-state index in [-0.39, 0.29) is 17.6 Å². The first kappa shape index (κ1) is 19.2. The van der Waals surface area contributed by atoms with Crippen molar-refractivity contribution in [3.05, 3.63) is 59.3 Å². The van der Waals surface area contributed by atoms with Crippen LogP contribution in [0.5, 0.6) is 0 Å². The minimum atomic E-state index is -0.266. The van der Waals surface area contributed by atoms with E-state index in [1.807, 2.05) is 24.0 Å². The van der Waals surface area contributed by atoms with Crippen molar-refractivity contribution in [1.29, 1.82) is 0 Å². The van der Waals surface area contributed by atoms with Gasteiger partial charge < -0.3 is 9.32 Å². The summed E-state index contributed by atoms with van der Waals surface area (Å²) in [6.45, 7) is 6.99. The van der Waals surface area contributed by atoms with Gasteiger partial charge in [-0.25, -0.2) is 4.39 Å². The van der Waals surface area contributed by atoms with Gasteiger partial charge in [0.15, 0.2) is 0 Å². The van der Waals surface area contributed by atoms with Gasteiger partial charge in [-0.2, -0.15) is 0 Å². The fraction of sp³-hybridized carbons (Fsp3) is 0.476. The number of benzene rings is 1. The van der Waals surface area contributed by atoms with E-state index in [0.29, 0.717) is 13.1 Å². The number of amides is 1. The van der Waals surface area contributed by atoms with Crippen LogP contribution in [0.4, 0.5) is 4.39 Å². The monoisotopic (exact) mass is 345 g/mol. The third kappa shape index (κ3) is 5.73. The number of aryl methyl sites for hydroxylation is 1. The van der Waals surface area contributed by atoms with Crippen LogP contribution < -0.4 is 0 Å². The third-order valence-corrected chi connectivity index (χ3v) is 4.49. The number of unbranched alkanes of at least 4 members (excludes halogenated alkanes) is 1. The molecule has 2 rings (SSSR count). The summed E-state index contributed by atoms with van der Waals surface area (Å²) in [4.78, 5) is 14.9. The van der Waals surface area contributed by atoms with E-state index in [2.05, 4.69) is 13.8 Å². The van der Waals surface area contributed by atoms with Crippen LogP contribution in [0.25, 0.3) is 0 Å². The summed E-state index contributed by atoms with van der Waals surface area (Å²) in [5, 5.41) is 0. The molecule has 0 fully saturated rings. The van der Waals surface area contributed by atoms with Crippen LogP contribution in [0, 0.1) is 18.7 Å². The lowest BCUT2D eigenvalue weighted by Gasteiger charge is -2.26. The van der Waals surface area contributed by atoms with Gasteiger partial charge in [0.1, 0.15) is 17.3 Å². The highest BCUT2D eigenvalue weighted by Gasteiger charge is 2.23. The summed E-state index contributed by atoms with van der Waals surface area (Å²) in [7, 11) is 0. The minimum absolute atomic E-state index is 0.0245. The molecule has 0 saturated carbocycles. The second kappa shape index (κ2) is 9.40. The average Bonchev–Trinajstić information content (AvgIpc) is 3.01. The molecule has 0 aliphatic carbocycles. The van der Waals surface area contributed by atoms with Crippen molar-refractivity contribution in [2.45, 2.75) is 59.5 Å². The summed E-state index contributed by atoms with van der Waals surface area (Å²) in [6, 6.07) is 10.1. The number of carbonyl (C=O) groups is 1. The molecule has 3 nitrogen and oxygen atoms in total. The van der Waals surface area contributed by atoms with Crippen LogP contribution in [-0.4, -0.2) is 10.8 Å². The number of hydrogen-bond acceptors (Lipinski definition) is 2. The Morgan fingerprint density at radius 3 is 2.40 bits per heavy atom. The summed E-state index contributed by atoms with van der Waals surface area (Å²) >= 11 is 0. The molecule has 0 aliphatic rings. The highest BCUT2D eigenvalue weighted by Crippen LogP contribution is 2.20. The van der Waals surface area contributed by atoms with E-state index in [0.717, 1.165) is 42.8 Å². The van der Waals surface area contributed by atoms with Crippen molar-refractivity contribution in [2.24, 2.45) is 5.92 Å². The van der Waals surface area contributed by atoms with E-state index in [9.17, 15) is 9.18 Å². The van der Waals surface area contributed by atoms with Gasteiger partial charge in [-0.15, -0.1) is 0 Å². The van der Waals surface area contributed by atoms with E-state index < -0.39 is 0 Å². The zero-order valence-corrected chi connectivity index (χ0v) is 15.4. The Hall–Kier alpha value is -2.10. The molecule has 1 atom stereocenters. The summed E-state index contributed by atoms with van der Waals surface area (Å²) in [5.41, 5.74) is 0.920. The fourth-order valence-corrected chi connectivity index (χ4v) is 2.99. The van der Waals surface area contributed by atoms with E-state index in [1.165, 1.54) is 12.1 Å². The number of rotatable bonds is 9. The zero-order valence-electron chi connectivity index (χ0n) is 15.4. The Kier molecular flexibility index (Phi) is 7.23. The smallest absolute Gasteiger partial charge is 0.226 e. The van der Waals surface area contributed by atoms with Crippen LogP contribution in [0.15, 0.2) is 40.8 Å². The van der Waals surface area contributed by atoms with Gasteiger partial charge in [-0.1, -0.05) is 38.8 Å². The van der Waals surface area contributed by atoms with E-state index in [1.54, 1.807) is 12.1 Å². The summed E-state index contributed by atoms with van der Waals surface area (Å²) in [6.07, 6.45) is 3.87. The molecule has 0 spiro atoms. The Balaban J connectivity index is 2.17. The van der Waals surface area contributed by atoms with E-state index >= 15 is 0 Å². The highest BCUT2D eigenvalue weighted by atomic mass is 19.1. The molecule has 0 aliphatic heterocycles. The van der Waals surface area contributed by atoms with Crippen molar-refractivity contribution >= 4 is 5.91 Å². The second-order valence-corrected chi connectivity index (χ2v) is 6.58. The molecule has 1 unspecified atom stereocenters. The first-order chi connectivity index (χ1) is 12.0. The third-order valence-electron chi connectivity index (χ3n) is 4.49. The lowest BCUT2D eigenvalue weighted by Crippen LogP contribution is -2.35. The van der Waals surface area contributed by atoms with Crippen molar-refractivity contribution in [1.82, 2.24) is 4.90 Å². The topological polar surface area (TPSA) is 33.5 Å². The summed E-state index contributed by atoms with van der Waals surface area (Å²) < 4.78 is 18.8. The highest BCUT2D eigenvalue weighted by molar-refractivity contribution is 5.78. The van der Waals surface area contributed by atoms with Crippen LogP contribution in [-0.2, 0) is 17.9 Å². The molecule has 0 N–H and O–H groups in total. The molecule has 0 radical (unpaired) electrons. The lowest BCUT2D eigenvalue weighted by molar-refractivity contribution is -0.137. The molecule has 0 saturated heterocycles. The van der Waals surface area contributed by atoms with Crippen LogP contribution >= 0.6 is 0 Å². The predicted molar refractivity (Wildman–Crippen MR) is 97.4 cm³/mol. The van der Waals surface area contributed by atoms with Crippen LogP contribution in [0.2, 0.25) is 0 Å². The van der Waals surface area contributed by atoms with Gasteiger partial charge in [0.05, 0.1) is 6.54 Å². The number of carbonyl (C=O) groups excluding carboxylic acids is 1. The molecular weight excluding hydrogens is 317 g/mol. The molecule has 25 heavy (non-hydrogen) atoms. The normalized spacial score (nSPS) is 12.2. The molecule has 0 bridgehead atoms. The zero-order chi connectivity index (χ0) is 18.2. The fourth-order valence-electron chi connectivity index (χ4n) is 2.99. The van der Waals surface area contributed by atoms with Crippen molar-refractivity contribution in [3.63, 3.8) is 0 Å². The van der Waals surface area contributed by atoms with Gasteiger partial charge >= 0.3 is 0 Å². The van der Waals surface area contributed by atoms with Crippen molar-refractivity contribution < 1.29 is 13.6 Å². The molecule has 1 aromatic carbocycles. The van der Waals surface area contributed by atoms with Crippen LogP contribution in [0.3, 0.4) is 0 Å². The first-order valence-corrected chi connectivity index (χ1v) is 9.12. The maximum absolute atomic E-state index is 13.2. The largest absolute Gasteiger partial charge is 0.464 e. The SMILES string of the molecule is CCCCC(CC)C(=O)N(Cc1ccc(F)cc1)Cc1ccc(C)o1. The van der Waals surface area contributed by atoms with Gasteiger partial charge in [0.25, 0.3) is 0 Å². The summed E-state index contributed by atoms with van der Waals surface area (Å²) in [5.74, 6) is 1.52. The number of nitrogens with zero attached hydrogens (tertiary/aromatic N) is 1. The van der Waals surface area contributed by atoms with Gasteiger partial charge in [-0.3, -0.25) is 4.79 Å². The maximum Gasteiger partial charge on any atom is 0.226 e. The Morgan fingerprint density at radius 1 is 1.12 bits per heavy atom. The van der Waals surface area contributed by atoms with Crippen molar-refractivity contribution in [3.8, 4) is 0 Å². The number of furan rings is 1. The first-order valence-electron chi connectivity index (χ1n) is 9.12. The molecule has 1 heterocycles. The Morgan fingerprint density at radius 2 is 1.84 bits per heavy atom. The molecule has 1 aromatic heterocycles. The minimum Gasteiger partial charge on any atom is -0.464 e. The van der Waals surface area contributed by atoms with Gasteiger partial charge in [0.2, 0.25) is 5.91 Å². The second-order valence-electron chi connectivity index (χ2n) is 6.58. The molecule has 136 valence electrons. The van der Waals surface area contributed by atoms with Crippen LogP contribution in [0.1, 0.15) is 56.6 Å². The predicted octanol–water partition coefficient (Wildman–Crippen LogP) is 5.47. The van der Waals surface area contributed by atoms with Crippen molar-refractivity contribution in [2.75, 3.05) is 0 Å². The van der Waals surface area contributed by atoms with Gasteiger partial charge in [0, 0.05) is 12.5 Å². The maximum atomic E-state index is 13.2. The quantitative estimate of drug-likeness (QED) is 0.603. The Labute approximate surface area is 149 Å². The molecule has 4 heteroatoms. The number of halogens is 1. The Bertz CT molecular complexity index is 663. The number of hydrogen-bond donors (Lipinski definition) is 0.